The van der Waals surface area contributed by atoms with Crippen molar-refractivity contribution in [3.05, 3.63) is 28.1 Å². The first-order valence-electron chi connectivity index (χ1n) is 3.96. The standard InChI is InChI=1S/C10H7ClO2S/c1-13-9-5-14-10-2-6(4-12)8(11)3-7(9)10/h2-5H,1H3. The van der Waals surface area contributed by atoms with Crippen LogP contribution in [0.25, 0.3) is 10.1 Å². The SMILES string of the molecule is COc1csc2cc(C=O)c(Cl)cc12. The molecule has 0 aliphatic heterocycles. The Kier molecular flexibility index (Phi) is 2.44. The van der Waals surface area contributed by atoms with Gasteiger partial charge in [0.1, 0.15) is 5.75 Å². The van der Waals surface area contributed by atoms with E-state index in [4.69, 9.17) is 16.3 Å². The molecule has 72 valence electrons. The zero-order valence-electron chi connectivity index (χ0n) is 7.41. The van der Waals surface area contributed by atoms with Gasteiger partial charge in [0.2, 0.25) is 0 Å². The third-order valence-electron chi connectivity index (χ3n) is 2.00. The van der Waals surface area contributed by atoms with Crippen molar-refractivity contribution in [3.63, 3.8) is 0 Å². The van der Waals surface area contributed by atoms with Gasteiger partial charge >= 0.3 is 0 Å². The molecular weight excluding hydrogens is 220 g/mol. The Morgan fingerprint density at radius 1 is 1.50 bits per heavy atom. The summed E-state index contributed by atoms with van der Waals surface area (Å²) in [6, 6.07) is 3.54. The van der Waals surface area contributed by atoms with Crippen LogP contribution < -0.4 is 4.74 Å². The van der Waals surface area contributed by atoms with Crippen molar-refractivity contribution >= 4 is 39.3 Å². The number of carbonyl (C=O) groups is 1. The van der Waals surface area contributed by atoms with Crippen molar-refractivity contribution in [2.24, 2.45) is 0 Å². The minimum Gasteiger partial charge on any atom is -0.495 e. The molecule has 0 aliphatic rings. The van der Waals surface area contributed by atoms with Crippen molar-refractivity contribution < 1.29 is 9.53 Å². The molecule has 2 aromatic rings. The summed E-state index contributed by atoms with van der Waals surface area (Å²) in [5, 5.41) is 3.31. The van der Waals surface area contributed by atoms with Crippen LogP contribution in [0.5, 0.6) is 5.75 Å². The van der Waals surface area contributed by atoms with Crippen molar-refractivity contribution in [2.45, 2.75) is 0 Å². The first kappa shape index (κ1) is 9.49. The number of halogens is 1. The van der Waals surface area contributed by atoms with Crippen molar-refractivity contribution in [1.29, 1.82) is 0 Å². The number of ether oxygens (including phenoxy) is 1. The molecule has 0 fully saturated rings. The molecule has 0 saturated heterocycles. The van der Waals surface area contributed by atoms with Crippen LogP contribution in [-0.4, -0.2) is 13.4 Å². The van der Waals surface area contributed by atoms with Gasteiger partial charge in [0.15, 0.2) is 6.29 Å². The summed E-state index contributed by atoms with van der Waals surface area (Å²) in [5.41, 5.74) is 0.517. The van der Waals surface area contributed by atoms with E-state index < -0.39 is 0 Å². The Morgan fingerprint density at radius 2 is 2.29 bits per heavy atom. The van der Waals surface area contributed by atoms with Gasteiger partial charge in [-0.15, -0.1) is 11.3 Å². The fourth-order valence-electron chi connectivity index (χ4n) is 1.29. The van der Waals surface area contributed by atoms with Crippen molar-refractivity contribution in [2.75, 3.05) is 7.11 Å². The lowest BCUT2D eigenvalue weighted by Gasteiger charge is -1.99. The van der Waals surface area contributed by atoms with E-state index >= 15 is 0 Å². The summed E-state index contributed by atoms with van der Waals surface area (Å²) in [5.74, 6) is 0.796. The molecule has 0 amide bonds. The molecule has 0 unspecified atom stereocenters. The van der Waals surface area contributed by atoms with E-state index in [0.29, 0.717) is 10.6 Å². The van der Waals surface area contributed by atoms with E-state index in [9.17, 15) is 4.79 Å². The molecule has 1 heterocycles. The average molecular weight is 227 g/mol. The fourth-order valence-corrected chi connectivity index (χ4v) is 2.43. The van der Waals surface area contributed by atoms with Crippen LogP contribution in [0.15, 0.2) is 17.5 Å². The van der Waals surface area contributed by atoms with Crippen LogP contribution in [-0.2, 0) is 0 Å². The first-order valence-corrected chi connectivity index (χ1v) is 5.22. The van der Waals surface area contributed by atoms with Gasteiger partial charge in [0, 0.05) is 21.0 Å². The van der Waals surface area contributed by atoms with Gasteiger partial charge in [0.25, 0.3) is 0 Å². The number of hydrogen-bond acceptors (Lipinski definition) is 3. The van der Waals surface area contributed by atoms with E-state index in [1.54, 1.807) is 19.2 Å². The maximum absolute atomic E-state index is 10.6. The van der Waals surface area contributed by atoms with E-state index in [2.05, 4.69) is 0 Å². The highest BCUT2D eigenvalue weighted by Crippen LogP contribution is 2.35. The second-order valence-corrected chi connectivity index (χ2v) is 4.11. The Bertz CT molecular complexity index is 490. The zero-order chi connectivity index (χ0) is 10.1. The highest BCUT2D eigenvalue weighted by atomic mass is 35.5. The van der Waals surface area contributed by atoms with Crippen LogP contribution in [0.3, 0.4) is 0 Å². The lowest BCUT2D eigenvalue weighted by Crippen LogP contribution is -1.83. The molecule has 1 aromatic heterocycles. The van der Waals surface area contributed by atoms with E-state index in [-0.39, 0.29) is 0 Å². The highest BCUT2D eigenvalue weighted by molar-refractivity contribution is 7.17. The van der Waals surface area contributed by atoms with Crippen LogP contribution in [0.1, 0.15) is 10.4 Å². The van der Waals surface area contributed by atoms with Gasteiger partial charge in [-0.2, -0.15) is 0 Å². The van der Waals surface area contributed by atoms with Gasteiger partial charge < -0.3 is 4.74 Å². The molecule has 0 aliphatic carbocycles. The maximum Gasteiger partial charge on any atom is 0.151 e. The molecule has 14 heavy (non-hydrogen) atoms. The minimum atomic E-state index is 0.462. The van der Waals surface area contributed by atoms with Crippen molar-refractivity contribution in [1.82, 2.24) is 0 Å². The van der Waals surface area contributed by atoms with Gasteiger partial charge in [0.05, 0.1) is 12.1 Å². The molecule has 1 aromatic carbocycles. The Labute approximate surface area is 90.1 Å². The van der Waals surface area contributed by atoms with Gasteiger partial charge in [-0.1, -0.05) is 11.6 Å². The molecular formula is C10H7ClO2S. The number of rotatable bonds is 2. The largest absolute Gasteiger partial charge is 0.495 e. The van der Waals surface area contributed by atoms with Gasteiger partial charge in [-0.25, -0.2) is 0 Å². The molecule has 0 spiro atoms. The Hall–Kier alpha value is -1.06. The molecule has 0 radical (unpaired) electrons. The van der Waals surface area contributed by atoms with E-state index in [0.717, 1.165) is 22.1 Å². The first-order chi connectivity index (χ1) is 6.76. The number of methoxy groups -OCH3 is 1. The van der Waals surface area contributed by atoms with Gasteiger partial charge in [-0.05, 0) is 12.1 Å². The van der Waals surface area contributed by atoms with E-state index in [1.807, 2.05) is 5.38 Å². The van der Waals surface area contributed by atoms with Crippen LogP contribution in [0.2, 0.25) is 5.02 Å². The third kappa shape index (κ3) is 1.38. The zero-order valence-corrected chi connectivity index (χ0v) is 8.98. The van der Waals surface area contributed by atoms with Crippen molar-refractivity contribution in [3.8, 4) is 5.75 Å². The summed E-state index contributed by atoms with van der Waals surface area (Å²) in [4.78, 5) is 10.6. The summed E-state index contributed by atoms with van der Waals surface area (Å²) in [7, 11) is 1.61. The molecule has 4 heteroatoms. The van der Waals surface area contributed by atoms with Crippen LogP contribution >= 0.6 is 22.9 Å². The quantitative estimate of drug-likeness (QED) is 0.734. The summed E-state index contributed by atoms with van der Waals surface area (Å²) in [6.07, 6.45) is 0.758. The lowest BCUT2D eigenvalue weighted by molar-refractivity contribution is 0.112. The third-order valence-corrected chi connectivity index (χ3v) is 3.26. The topological polar surface area (TPSA) is 26.3 Å². The summed E-state index contributed by atoms with van der Waals surface area (Å²) < 4.78 is 6.17. The lowest BCUT2D eigenvalue weighted by atomic mass is 10.2. The molecule has 2 nitrogen and oxygen atoms in total. The van der Waals surface area contributed by atoms with Crippen LogP contribution in [0.4, 0.5) is 0 Å². The number of fused-ring (bicyclic) bond motifs is 1. The number of thiophene rings is 1. The average Bonchev–Trinajstić information content (AvgIpc) is 2.58. The highest BCUT2D eigenvalue weighted by Gasteiger charge is 2.08. The second kappa shape index (κ2) is 3.59. The predicted octanol–water partition coefficient (Wildman–Crippen LogP) is 3.38. The molecule has 0 atom stereocenters. The Balaban J connectivity index is 2.75. The summed E-state index contributed by atoms with van der Waals surface area (Å²) in [6.45, 7) is 0. The Morgan fingerprint density at radius 3 is 2.93 bits per heavy atom. The predicted molar refractivity (Wildman–Crippen MR) is 58.8 cm³/mol. The molecule has 0 bridgehead atoms. The maximum atomic E-state index is 10.6. The fraction of sp³-hybridized carbons (Fsp3) is 0.100. The smallest absolute Gasteiger partial charge is 0.151 e. The molecule has 2 rings (SSSR count). The molecule has 0 N–H and O–H groups in total. The van der Waals surface area contributed by atoms with Crippen LogP contribution in [0, 0.1) is 0 Å². The second-order valence-electron chi connectivity index (χ2n) is 2.79. The minimum absolute atomic E-state index is 0.462. The number of carbonyl (C=O) groups excluding carboxylic acids is 1. The number of aldehydes is 1. The van der Waals surface area contributed by atoms with Gasteiger partial charge in [-0.3, -0.25) is 4.79 Å². The monoisotopic (exact) mass is 226 g/mol. The number of hydrogen-bond donors (Lipinski definition) is 0. The normalized spacial score (nSPS) is 10.4. The van der Waals surface area contributed by atoms with E-state index in [1.165, 1.54) is 11.3 Å². The number of benzene rings is 1. The molecule has 0 saturated carbocycles. The summed E-state index contributed by atoms with van der Waals surface area (Å²) >= 11 is 7.44.